The molecule has 1 heterocycles. The van der Waals surface area contributed by atoms with Crippen LogP contribution in [0.3, 0.4) is 0 Å². The Labute approximate surface area is 79.7 Å². The Hall–Kier alpha value is -1.14. The van der Waals surface area contributed by atoms with Gasteiger partial charge in [-0.05, 0) is 18.2 Å². The number of pyridine rings is 1. The number of alkyl halides is 1. The number of aromatic nitrogens is 1. The van der Waals surface area contributed by atoms with Gasteiger partial charge in [-0.15, -0.1) is 0 Å². The number of hydrogen-bond acceptors (Lipinski definition) is 2. The molecule has 0 spiro atoms. The van der Waals surface area contributed by atoms with Crippen molar-refractivity contribution in [1.29, 1.82) is 5.26 Å². The lowest BCUT2D eigenvalue weighted by Gasteiger charge is -1.91. The van der Waals surface area contributed by atoms with Gasteiger partial charge in [0.05, 0.1) is 5.69 Å². The van der Waals surface area contributed by atoms with Gasteiger partial charge in [-0.25, -0.2) is 4.98 Å². The normalized spacial score (nSPS) is 10.0. The quantitative estimate of drug-likeness (QED) is 0.721. The van der Waals surface area contributed by atoms with Crippen LogP contribution in [-0.4, -0.2) is 10.3 Å². The maximum absolute atomic E-state index is 8.54. The van der Waals surface area contributed by atoms with Crippen LogP contribution in [0.4, 0.5) is 0 Å². The average molecular weight is 223 g/mol. The van der Waals surface area contributed by atoms with E-state index in [2.05, 4.69) is 20.9 Å². The van der Waals surface area contributed by atoms with Crippen LogP contribution in [0.15, 0.2) is 24.3 Å². The van der Waals surface area contributed by atoms with Crippen LogP contribution in [0.1, 0.15) is 11.4 Å². The van der Waals surface area contributed by atoms with Crippen molar-refractivity contribution < 1.29 is 0 Å². The smallest absolute Gasteiger partial charge is 0.141 e. The summed E-state index contributed by atoms with van der Waals surface area (Å²) in [5.74, 6) is 0. The van der Waals surface area contributed by atoms with E-state index in [0.717, 1.165) is 11.0 Å². The number of nitriles is 1. The van der Waals surface area contributed by atoms with Gasteiger partial charge in [-0.2, -0.15) is 5.26 Å². The molecule has 0 aliphatic heterocycles. The average Bonchev–Trinajstić information content (AvgIpc) is 2.15. The van der Waals surface area contributed by atoms with Crippen molar-refractivity contribution in [3.05, 3.63) is 35.7 Å². The molecule has 0 aliphatic carbocycles. The number of rotatable bonds is 2. The third-order valence-corrected chi connectivity index (χ3v) is 1.64. The van der Waals surface area contributed by atoms with E-state index < -0.39 is 0 Å². The Balaban J connectivity index is 2.88. The molecule has 3 heteroatoms. The van der Waals surface area contributed by atoms with Crippen molar-refractivity contribution in [2.45, 2.75) is 0 Å². The summed E-state index contributed by atoms with van der Waals surface area (Å²) in [7, 11) is 0. The van der Waals surface area contributed by atoms with E-state index in [9.17, 15) is 0 Å². The lowest BCUT2D eigenvalue weighted by atomic mass is 10.3. The fraction of sp³-hybridized carbons (Fsp3) is 0.111. The SMILES string of the molecule is N#Cc1cccc(C=CCBr)n1. The van der Waals surface area contributed by atoms with Gasteiger partial charge in [0.1, 0.15) is 11.8 Å². The van der Waals surface area contributed by atoms with Gasteiger partial charge in [-0.1, -0.05) is 28.1 Å². The Morgan fingerprint density at radius 1 is 1.58 bits per heavy atom. The summed E-state index contributed by atoms with van der Waals surface area (Å²) in [5, 5.41) is 9.34. The molecule has 0 unspecified atom stereocenters. The fourth-order valence-corrected chi connectivity index (χ4v) is 0.959. The van der Waals surface area contributed by atoms with E-state index >= 15 is 0 Å². The highest BCUT2D eigenvalue weighted by Crippen LogP contribution is 2.00. The minimum absolute atomic E-state index is 0.451. The second-order valence-corrected chi connectivity index (χ2v) is 2.76. The largest absolute Gasteiger partial charge is 0.238 e. The molecule has 0 aliphatic rings. The van der Waals surface area contributed by atoms with Crippen LogP contribution in [0.2, 0.25) is 0 Å². The maximum atomic E-state index is 8.54. The number of allylic oxidation sites excluding steroid dienone is 1. The minimum atomic E-state index is 0.451. The van der Waals surface area contributed by atoms with Crippen molar-refractivity contribution in [3.8, 4) is 6.07 Å². The van der Waals surface area contributed by atoms with Gasteiger partial charge < -0.3 is 0 Å². The zero-order valence-electron chi connectivity index (χ0n) is 6.37. The Kier molecular flexibility index (Phi) is 3.49. The monoisotopic (exact) mass is 222 g/mol. The third-order valence-electron chi connectivity index (χ3n) is 1.26. The summed E-state index contributed by atoms with van der Waals surface area (Å²) < 4.78 is 0. The van der Waals surface area contributed by atoms with E-state index in [1.165, 1.54) is 0 Å². The van der Waals surface area contributed by atoms with Gasteiger partial charge >= 0.3 is 0 Å². The lowest BCUT2D eigenvalue weighted by Crippen LogP contribution is -1.84. The predicted molar refractivity (Wildman–Crippen MR) is 51.8 cm³/mol. The zero-order chi connectivity index (χ0) is 8.81. The van der Waals surface area contributed by atoms with Gasteiger partial charge in [0.2, 0.25) is 0 Å². The highest BCUT2D eigenvalue weighted by molar-refractivity contribution is 9.09. The molecule has 2 nitrogen and oxygen atoms in total. The summed E-state index contributed by atoms with van der Waals surface area (Å²) in [6, 6.07) is 7.35. The third kappa shape index (κ3) is 2.48. The molecule has 0 bridgehead atoms. The molecule has 0 fully saturated rings. The molecule has 0 radical (unpaired) electrons. The minimum Gasteiger partial charge on any atom is -0.238 e. The first-order valence-electron chi connectivity index (χ1n) is 3.46. The van der Waals surface area contributed by atoms with Crippen molar-refractivity contribution in [2.75, 3.05) is 5.33 Å². The maximum Gasteiger partial charge on any atom is 0.141 e. The summed E-state index contributed by atoms with van der Waals surface area (Å²) in [4.78, 5) is 4.06. The first-order valence-corrected chi connectivity index (χ1v) is 4.58. The Bertz CT molecular complexity index is 326. The molecule has 0 aromatic carbocycles. The molecule has 12 heavy (non-hydrogen) atoms. The molecule has 0 atom stereocenters. The van der Waals surface area contributed by atoms with E-state index in [1.807, 2.05) is 30.4 Å². The van der Waals surface area contributed by atoms with Crippen LogP contribution in [0, 0.1) is 11.3 Å². The van der Waals surface area contributed by atoms with Crippen LogP contribution in [-0.2, 0) is 0 Å². The lowest BCUT2D eigenvalue weighted by molar-refractivity contribution is 1.24. The molecule has 0 amide bonds. The van der Waals surface area contributed by atoms with Crippen molar-refractivity contribution in [3.63, 3.8) is 0 Å². The topological polar surface area (TPSA) is 36.7 Å². The molecule has 1 aromatic rings. The summed E-state index contributed by atoms with van der Waals surface area (Å²) in [6.07, 6.45) is 3.80. The van der Waals surface area contributed by atoms with Gasteiger partial charge in [-0.3, -0.25) is 0 Å². The van der Waals surface area contributed by atoms with Gasteiger partial charge in [0.25, 0.3) is 0 Å². The molecular formula is C9H7BrN2. The van der Waals surface area contributed by atoms with Crippen molar-refractivity contribution in [2.24, 2.45) is 0 Å². The van der Waals surface area contributed by atoms with E-state index in [1.54, 1.807) is 6.07 Å². The number of halogens is 1. The summed E-state index contributed by atoms with van der Waals surface area (Å²) >= 11 is 3.26. The molecular weight excluding hydrogens is 216 g/mol. The standard InChI is InChI=1S/C9H7BrN2/c10-6-2-5-8-3-1-4-9(7-11)12-8/h1-5H,6H2. The summed E-state index contributed by atoms with van der Waals surface area (Å²) in [5.41, 5.74) is 1.26. The highest BCUT2D eigenvalue weighted by atomic mass is 79.9. The molecule has 60 valence electrons. The zero-order valence-corrected chi connectivity index (χ0v) is 7.95. The van der Waals surface area contributed by atoms with E-state index in [4.69, 9.17) is 5.26 Å². The highest BCUT2D eigenvalue weighted by Gasteiger charge is 1.90. The predicted octanol–water partition coefficient (Wildman–Crippen LogP) is 2.36. The Morgan fingerprint density at radius 3 is 3.08 bits per heavy atom. The number of hydrogen-bond donors (Lipinski definition) is 0. The van der Waals surface area contributed by atoms with Gasteiger partial charge in [0.15, 0.2) is 0 Å². The first kappa shape index (κ1) is 8.95. The molecule has 0 N–H and O–H groups in total. The van der Waals surface area contributed by atoms with E-state index in [0.29, 0.717) is 5.69 Å². The second kappa shape index (κ2) is 4.68. The van der Waals surface area contributed by atoms with Crippen LogP contribution in [0.25, 0.3) is 6.08 Å². The molecule has 0 saturated carbocycles. The molecule has 1 aromatic heterocycles. The van der Waals surface area contributed by atoms with Crippen molar-refractivity contribution >= 4 is 22.0 Å². The van der Waals surface area contributed by atoms with Crippen LogP contribution >= 0.6 is 15.9 Å². The molecule has 0 saturated heterocycles. The van der Waals surface area contributed by atoms with Crippen LogP contribution < -0.4 is 0 Å². The second-order valence-electron chi connectivity index (χ2n) is 2.12. The van der Waals surface area contributed by atoms with E-state index in [-0.39, 0.29) is 0 Å². The van der Waals surface area contributed by atoms with Crippen molar-refractivity contribution in [1.82, 2.24) is 4.98 Å². The fourth-order valence-electron chi connectivity index (χ4n) is 0.772. The first-order chi connectivity index (χ1) is 5.86. The van der Waals surface area contributed by atoms with Gasteiger partial charge in [0, 0.05) is 5.33 Å². The number of nitrogens with zero attached hydrogens (tertiary/aromatic N) is 2. The van der Waals surface area contributed by atoms with Crippen LogP contribution in [0.5, 0.6) is 0 Å². The summed E-state index contributed by atoms with van der Waals surface area (Å²) in [6.45, 7) is 0. The molecule has 1 rings (SSSR count). The Morgan fingerprint density at radius 2 is 2.42 bits per heavy atom.